The lowest BCUT2D eigenvalue weighted by molar-refractivity contribution is 0.292. The second-order valence-corrected chi connectivity index (χ2v) is 5.68. The Morgan fingerprint density at radius 3 is 2.42 bits per heavy atom. The standard InChI is InChI=1S/C19H22N6O/c26-13-5-11-23-19-24-17(16-7-2-4-10-21-16)14-18(25-19)22-12-8-15-6-1-3-9-20-15/h1-4,6-7,9-10,14,26H,5,8,11-13H2,(H2,22,23,24,25). The highest BCUT2D eigenvalue weighted by atomic mass is 16.3. The maximum Gasteiger partial charge on any atom is 0.225 e. The molecule has 7 heteroatoms. The number of nitrogens with zero attached hydrogens (tertiary/aromatic N) is 4. The molecule has 0 unspecified atom stereocenters. The fraction of sp³-hybridized carbons (Fsp3) is 0.263. The molecule has 7 nitrogen and oxygen atoms in total. The molecular formula is C19H22N6O. The monoisotopic (exact) mass is 350 g/mol. The molecule has 134 valence electrons. The summed E-state index contributed by atoms with van der Waals surface area (Å²) in [4.78, 5) is 17.7. The van der Waals surface area contributed by atoms with Crippen molar-refractivity contribution in [1.82, 2.24) is 19.9 Å². The molecule has 0 amide bonds. The lowest BCUT2D eigenvalue weighted by Gasteiger charge is -2.11. The molecule has 3 heterocycles. The molecule has 3 rings (SSSR count). The molecule has 26 heavy (non-hydrogen) atoms. The first kappa shape index (κ1) is 17.8. The van der Waals surface area contributed by atoms with Gasteiger partial charge in [0.15, 0.2) is 0 Å². The van der Waals surface area contributed by atoms with Gasteiger partial charge >= 0.3 is 0 Å². The van der Waals surface area contributed by atoms with E-state index in [1.165, 1.54) is 0 Å². The predicted octanol–water partition coefficient (Wildman–Crippen LogP) is 2.38. The van der Waals surface area contributed by atoms with Gasteiger partial charge in [-0.2, -0.15) is 4.98 Å². The number of nitrogens with one attached hydrogen (secondary N) is 2. The molecule has 3 aromatic rings. The van der Waals surface area contributed by atoms with Crippen molar-refractivity contribution < 1.29 is 5.11 Å². The van der Waals surface area contributed by atoms with Crippen LogP contribution in [-0.4, -0.2) is 44.7 Å². The quantitative estimate of drug-likeness (QED) is 0.510. The average molecular weight is 350 g/mol. The van der Waals surface area contributed by atoms with Crippen molar-refractivity contribution in [3.63, 3.8) is 0 Å². The van der Waals surface area contributed by atoms with Gasteiger partial charge < -0.3 is 15.7 Å². The normalized spacial score (nSPS) is 10.5. The molecule has 0 fully saturated rings. The van der Waals surface area contributed by atoms with Crippen LogP contribution in [0.5, 0.6) is 0 Å². The summed E-state index contributed by atoms with van der Waals surface area (Å²) in [5.74, 6) is 1.24. The first-order valence-electron chi connectivity index (χ1n) is 8.64. The molecule has 0 bridgehead atoms. The minimum Gasteiger partial charge on any atom is -0.396 e. The largest absolute Gasteiger partial charge is 0.396 e. The van der Waals surface area contributed by atoms with Gasteiger partial charge in [0, 0.05) is 50.3 Å². The van der Waals surface area contributed by atoms with Gasteiger partial charge in [-0.25, -0.2) is 4.98 Å². The molecule has 0 radical (unpaired) electrons. The topological polar surface area (TPSA) is 95.8 Å². The van der Waals surface area contributed by atoms with Crippen molar-refractivity contribution in [3.8, 4) is 11.4 Å². The molecule has 0 atom stereocenters. The van der Waals surface area contributed by atoms with Crippen LogP contribution in [0.15, 0.2) is 54.9 Å². The second kappa shape index (κ2) is 9.43. The average Bonchev–Trinajstić information content (AvgIpc) is 2.70. The molecule has 0 saturated carbocycles. The van der Waals surface area contributed by atoms with E-state index in [-0.39, 0.29) is 6.61 Å². The Kier molecular flexibility index (Phi) is 6.44. The molecule has 3 N–H and O–H groups in total. The Hall–Kier alpha value is -3.06. The maximum absolute atomic E-state index is 8.95. The summed E-state index contributed by atoms with van der Waals surface area (Å²) in [6, 6.07) is 13.5. The maximum atomic E-state index is 8.95. The summed E-state index contributed by atoms with van der Waals surface area (Å²) in [6.07, 6.45) is 4.98. The number of aliphatic hydroxyl groups excluding tert-OH is 1. The van der Waals surface area contributed by atoms with Crippen LogP contribution in [0.2, 0.25) is 0 Å². The molecule has 0 aromatic carbocycles. The van der Waals surface area contributed by atoms with E-state index in [1.54, 1.807) is 12.4 Å². The van der Waals surface area contributed by atoms with E-state index < -0.39 is 0 Å². The highest BCUT2D eigenvalue weighted by Gasteiger charge is 2.07. The SMILES string of the molecule is OCCCNc1nc(NCCc2ccccn2)cc(-c2ccccn2)n1. The van der Waals surface area contributed by atoms with Gasteiger partial charge in [-0.15, -0.1) is 0 Å². The Labute approximate surface area is 152 Å². The van der Waals surface area contributed by atoms with Crippen LogP contribution in [0.1, 0.15) is 12.1 Å². The van der Waals surface area contributed by atoms with Crippen LogP contribution in [0.25, 0.3) is 11.4 Å². The van der Waals surface area contributed by atoms with E-state index in [0.717, 1.165) is 29.3 Å². The molecule has 0 aliphatic rings. The van der Waals surface area contributed by atoms with Crippen LogP contribution in [0, 0.1) is 0 Å². The predicted molar refractivity (Wildman–Crippen MR) is 102 cm³/mol. The zero-order chi connectivity index (χ0) is 18.0. The van der Waals surface area contributed by atoms with E-state index in [9.17, 15) is 0 Å². The third-order valence-corrected chi connectivity index (χ3v) is 3.68. The molecule has 0 aliphatic heterocycles. The van der Waals surface area contributed by atoms with Gasteiger partial charge in [0.05, 0.1) is 11.4 Å². The van der Waals surface area contributed by atoms with Crippen LogP contribution in [-0.2, 0) is 6.42 Å². The van der Waals surface area contributed by atoms with E-state index in [1.807, 2.05) is 42.5 Å². The van der Waals surface area contributed by atoms with Crippen molar-refractivity contribution in [1.29, 1.82) is 0 Å². The van der Waals surface area contributed by atoms with Gasteiger partial charge in [0.2, 0.25) is 5.95 Å². The summed E-state index contributed by atoms with van der Waals surface area (Å²) in [7, 11) is 0. The number of hydrogen-bond acceptors (Lipinski definition) is 7. The number of anilines is 2. The van der Waals surface area contributed by atoms with Gasteiger partial charge in [0.1, 0.15) is 5.82 Å². The van der Waals surface area contributed by atoms with Gasteiger partial charge in [-0.1, -0.05) is 12.1 Å². The summed E-state index contributed by atoms with van der Waals surface area (Å²) in [5.41, 5.74) is 2.56. The highest BCUT2D eigenvalue weighted by Crippen LogP contribution is 2.19. The van der Waals surface area contributed by atoms with Crippen molar-refractivity contribution in [2.45, 2.75) is 12.8 Å². The smallest absolute Gasteiger partial charge is 0.225 e. The van der Waals surface area contributed by atoms with E-state index >= 15 is 0 Å². The van der Waals surface area contributed by atoms with Crippen LogP contribution in [0.3, 0.4) is 0 Å². The summed E-state index contributed by atoms with van der Waals surface area (Å²) >= 11 is 0. The minimum absolute atomic E-state index is 0.127. The molecule has 0 saturated heterocycles. The fourth-order valence-corrected chi connectivity index (χ4v) is 2.41. The lowest BCUT2D eigenvalue weighted by atomic mass is 10.2. The number of rotatable bonds is 9. The third kappa shape index (κ3) is 5.22. The first-order valence-corrected chi connectivity index (χ1v) is 8.64. The second-order valence-electron chi connectivity index (χ2n) is 5.68. The number of pyridine rings is 2. The van der Waals surface area contributed by atoms with Crippen LogP contribution < -0.4 is 10.6 Å². The number of aromatic nitrogens is 4. The Morgan fingerprint density at radius 1 is 0.846 bits per heavy atom. The zero-order valence-electron chi connectivity index (χ0n) is 14.5. The lowest BCUT2D eigenvalue weighted by Crippen LogP contribution is -2.11. The van der Waals surface area contributed by atoms with Gasteiger partial charge in [-0.05, 0) is 30.7 Å². The third-order valence-electron chi connectivity index (χ3n) is 3.68. The Bertz CT molecular complexity index is 798. The van der Waals surface area contributed by atoms with Crippen LogP contribution in [0.4, 0.5) is 11.8 Å². The minimum atomic E-state index is 0.127. The summed E-state index contributed by atoms with van der Waals surface area (Å²) in [5, 5.41) is 15.4. The molecular weight excluding hydrogens is 328 g/mol. The zero-order valence-corrected chi connectivity index (χ0v) is 14.5. The summed E-state index contributed by atoms with van der Waals surface area (Å²) < 4.78 is 0. The highest BCUT2D eigenvalue weighted by molar-refractivity contribution is 5.60. The van der Waals surface area contributed by atoms with Crippen molar-refractivity contribution >= 4 is 11.8 Å². The Morgan fingerprint density at radius 2 is 1.69 bits per heavy atom. The number of aliphatic hydroxyl groups is 1. The van der Waals surface area contributed by atoms with Crippen LogP contribution >= 0.6 is 0 Å². The van der Waals surface area contributed by atoms with Crippen molar-refractivity contribution in [2.75, 3.05) is 30.3 Å². The van der Waals surface area contributed by atoms with E-state index in [4.69, 9.17) is 5.11 Å². The fourth-order valence-electron chi connectivity index (χ4n) is 2.41. The van der Waals surface area contributed by atoms with Crippen molar-refractivity contribution in [3.05, 3.63) is 60.6 Å². The molecule has 0 aliphatic carbocycles. The first-order chi connectivity index (χ1) is 12.8. The number of hydrogen-bond donors (Lipinski definition) is 3. The van der Waals surface area contributed by atoms with Gasteiger partial charge in [-0.3, -0.25) is 9.97 Å². The van der Waals surface area contributed by atoms with E-state index in [0.29, 0.717) is 25.5 Å². The van der Waals surface area contributed by atoms with Gasteiger partial charge in [0.25, 0.3) is 0 Å². The van der Waals surface area contributed by atoms with Crippen molar-refractivity contribution in [2.24, 2.45) is 0 Å². The van der Waals surface area contributed by atoms with E-state index in [2.05, 4.69) is 30.6 Å². The Balaban J connectivity index is 1.73. The summed E-state index contributed by atoms with van der Waals surface area (Å²) in [6.45, 7) is 1.45. The molecule has 0 spiro atoms. The molecule has 3 aromatic heterocycles.